The summed E-state index contributed by atoms with van der Waals surface area (Å²) in [6.07, 6.45) is 1.56. The van der Waals surface area contributed by atoms with Gasteiger partial charge in [0.2, 0.25) is 12.7 Å². The summed E-state index contributed by atoms with van der Waals surface area (Å²) in [6.45, 7) is 3.36. The highest BCUT2D eigenvalue weighted by molar-refractivity contribution is 5.98. The van der Waals surface area contributed by atoms with Crippen LogP contribution in [-0.2, 0) is 4.79 Å². The molecule has 128 valence electrons. The van der Waals surface area contributed by atoms with Crippen LogP contribution in [0.3, 0.4) is 0 Å². The number of amides is 2. The lowest BCUT2D eigenvalue weighted by Gasteiger charge is -2.29. The van der Waals surface area contributed by atoms with Crippen molar-refractivity contribution < 1.29 is 19.1 Å². The maximum atomic E-state index is 12.8. The molecule has 2 N–H and O–H groups in total. The summed E-state index contributed by atoms with van der Waals surface area (Å²) in [5, 5.41) is 6.17. The van der Waals surface area contributed by atoms with Gasteiger partial charge in [-0.3, -0.25) is 9.59 Å². The molecule has 1 unspecified atom stereocenters. The normalized spacial score (nSPS) is 22.3. The lowest BCUT2D eigenvalue weighted by atomic mass is 10.0. The molecule has 2 amide bonds. The number of hydrogen-bond acceptors (Lipinski definition) is 5. The highest BCUT2D eigenvalue weighted by Gasteiger charge is 2.35. The van der Waals surface area contributed by atoms with Gasteiger partial charge in [-0.25, -0.2) is 0 Å². The average molecular weight is 331 g/mol. The van der Waals surface area contributed by atoms with Gasteiger partial charge in [0.05, 0.1) is 0 Å². The minimum absolute atomic E-state index is 0.0477. The molecule has 7 nitrogen and oxygen atoms in total. The molecular formula is C17H21N3O4. The third kappa shape index (κ3) is 2.80. The fourth-order valence-corrected chi connectivity index (χ4v) is 3.33. The zero-order valence-corrected chi connectivity index (χ0v) is 13.4. The van der Waals surface area contributed by atoms with Gasteiger partial charge in [0, 0.05) is 37.7 Å². The van der Waals surface area contributed by atoms with E-state index in [0.717, 1.165) is 19.5 Å². The van der Waals surface area contributed by atoms with Crippen molar-refractivity contribution in [2.75, 3.05) is 33.0 Å². The van der Waals surface area contributed by atoms with Crippen LogP contribution in [-0.4, -0.2) is 55.7 Å². The monoisotopic (exact) mass is 331 g/mol. The Labute approximate surface area is 140 Å². The first-order chi connectivity index (χ1) is 11.7. The van der Waals surface area contributed by atoms with E-state index < -0.39 is 0 Å². The van der Waals surface area contributed by atoms with Crippen molar-refractivity contribution in [3.8, 4) is 11.5 Å². The van der Waals surface area contributed by atoms with Gasteiger partial charge >= 0.3 is 0 Å². The predicted molar refractivity (Wildman–Crippen MR) is 86.0 cm³/mol. The number of benzene rings is 1. The Morgan fingerprint density at radius 1 is 1.25 bits per heavy atom. The Morgan fingerprint density at radius 2 is 2.08 bits per heavy atom. The van der Waals surface area contributed by atoms with Crippen LogP contribution in [0.4, 0.5) is 0 Å². The summed E-state index contributed by atoms with van der Waals surface area (Å²) in [4.78, 5) is 26.9. The SMILES string of the molecule is O=C(NCC1CNC1)C1CCCN1C(=O)c1ccc2c(c1)OCO2. The van der Waals surface area contributed by atoms with Crippen molar-refractivity contribution in [3.05, 3.63) is 23.8 Å². The summed E-state index contributed by atoms with van der Waals surface area (Å²) in [5.41, 5.74) is 0.530. The number of fused-ring (bicyclic) bond motifs is 1. The molecule has 0 spiro atoms. The molecule has 3 aliphatic rings. The summed E-state index contributed by atoms with van der Waals surface area (Å²) in [5.74, 6) is 1.56. The molecule has 3 heterocycles. The predicted octanol–water partition coefficient (Wildman–Crippen LogP) is 0.355. The van der Waals surface area contributed by atoms with E-state index in [0.29, 0.717) is 42.5 Å². The first-order valence-corrected chi connectivity index (χ1v) is 8.41. The molecule has 0 saturated carbocycles. The quantitative estimate of drug-likeness (QED) is 0.832. The standard InChI is InChI=1S/C17H21N3O4/c21-16(19-9-11-7-18-8-11)13-2-1-5-20(13)17(22)12-3-4-14-15(6-12)24-10-23-14/h3-4,6,11,13,18H,1-2,5,7-10H2,(H,19,21). The second kappa shape index (κ2) is 6.32. The van der Waals surface area contributed by atoms with Gasteiger partial charge in [-0.2, -0.15) is 0 Å². The Bertz CT molecular complexity index is 659. The van der Waals surface area contributed by atoms with E-state index in [-0.39, 0.29) is 24.6 Å². The van der Waals surface area contributed by atoms with Gasteiger partial charge in [0.25, 0.3) is 5.91 Å². The molecule has 1 aromatic rings. The molecule has 4 rings (SSSR count). The summed E-state index contributed by atoms with van der Waals surface area (Å²) in [6, 6.07) is 4.78. The van der Waals surface area contributed by atoms with Gasteiger partial charge in [0.1, 0.15) is 6.04 Å². The molecule has 2 fully saturated rings. The molecular weight excluding hydrogens is 310 g/mol. The number of ether oxygens (including phenoxy) is 2. The van der Waals surface area contributed by atoms with Crippen LogP contribution in [0.1, 0.15) is 23.2 Å². The van der Waals surface area contributed by atoms with E-state index in [4.69, 9.17) is 9.47 Å². The molecule has 2 saturated heterocycles. The van der Waals surface area contributed by atoms with Crippen molar-refractivity contribution in [1.29, 1.82) is 0 Å². The highest BCUT2D eigenvalue weighted by Crippen LogP contribution is 2.33. The Hall–Kier alpha value is -2.28. The van der Waals surface area contributed by atoms with Gasteiger partial charge in [-0.1, -0.05) is 0 Å². The third-order valence-electron chi connectivity index (χ3n) is 4.87. The molecule has 3 aliphatic heterocycles. The molecule has 0 bridgehead atoms. The lowest BCUT2D eigenvalue weighted by Crippen LogP contribution is -2.51. The minimum atomic E-state index is -0.379. The van der Waals surface area contributed by atoms with Crippen molar-refractivity contribution in [2.24, 2.45) is 5.92 Å². The number of hydrogen-bond donors (Lipinski definition) is 2. The number of nitrogens with one attached hydrogen (secondary N) is 2. The molecule has 1 aromatic carbocycles. The smallest absolute Gasteiger partial charge is 0.254 e. The Kier molecular flexibility index (Phi) is 4.02. The first kappa shape index (κ1) is 15.3. The van der Waals surface area contributed by atoms with Crippen molar-refractivity contribution >= 4 is 11.8 Å². The van der Waals surface area contributed by atoms with Crippen LogP contribution in [0.2, 0.25) is 0 Å². The number of carbonyl (C=O) groups is 2. The van der Waals surface area contributed by atoms with Crippen molar-refractivity contribution in [1.82, 2.24) is 15.5 Å². The molecule has 0 aliphatic carbocycles. The van der Waals surface area contributed by atoms with Gasteiger partial charge < -0.3 is 25.0 Å². The highest BCUT2D eigenvalue weighted by atomic mass is 16.7. The molecule has 24 heavy (non-hydrogen) atoms. The maximum absolute atomic E-state index is 12.8. The zero-order chi connectivity index (χ0) is 16.5. The van der Waals surface area contributed by atoms with Gasteiger partial charge in [-0.15, -0.1) is 0 Å². The van der Waals surface area contributed by atoms with E-state index in [2.05, 4.69) is 10.6 Å². The minimum Gasteiger partial charge on any atom is -0.454 e. The number of carbonyl (C=O) groups excluding carboxylic acids is 2. The van der Waals surface area contributed by atoms with Crippen LogP contribution >= 0.6 is 0 Å². The van der Waals surface area contributed by atoms with Crippen LogP contribution in [0.25, 0.3) is 0 Å². The largest absolute Gasteiger partial charge is 0.454 e. The fourth-order valence-electron chi connectivity index (χ4n) is 3.33. The summed E-state index contributed by atoms with van der Waals surface area (Å²) >= 11 is 0. The number of nitrogens with zero attached hydrogens (tertiary/aromatic N) is 1. The second-order valence-electron chi connectivity index (χ2n) is 6.49. The number of likely N-dealkylation sites (tertiary alicyclic amines) is 1. The van der Waals surface area contributed by atoms with E-state index in [1.165, 1.54) is 0 Å². The van der Waals surface area contributed by atoms with E-state index >= 15 is 0 Å². The Balaban J connectivity index is 1.43. The van der Waals surface area contributed by atoms with E-state index in [1.807, 2.05) is 0 Å². The fraction of sp³-hybridized carbons (Fsp3) is 0.529. The molecule has 0 radical (unpaired) electrons. The molecule has 0 aromatic heterocycles. The Morgan fingerprint density at radius 3 is 2.88 bits per heavy atom. The van der Waals surface area contributed by atoms with Crippen molar-refractivity contribution in [2.45, 2.75) is 18.9 Å². The van der Waals surface area contributed by atoms with Crippen molar-refractivity contribution in [3.63, 3.8) is 0 Å². The lowest BCUT2D eigenvalue weighted by molar-refractivity contribution is -0.125. The number of rotatable bonds is 4. The molecule has 7 heteroatoms. The topological polar surface area (TPSA) is 79.9 Å². The van der Waals surface area contributed by atoms with Crippen LogP contribution in [0, 0.1) is 5.92 Å². The maximum Gasteiger partial charge on any atom is 0.254 e. The van der Waals surface area contributed by atoms with E-state index in [9.17, 15) is 9.59 Å². The summed E-state index contributed by atoms with van der Waals surface area (Å²) in [7, 11) is 0. The van der Waals surface area contributed by atoms with Crippen LogP contribution in [0.15, 0.2) is 18.2 Å². The van der Waals surface area contributed by atoms with Crippen LogP contribution < -0.4 is 20.1 Å². The van der Waals surface area contributed by atoms with Crippen LogP contribution in [0.5, 0.6) is 11.5 Å². The summed E-state index contributed by atoms with van der Waals surface area (Å²) < 4.78 is 10.6. The average Bonchev–Trinajstić information content (AvgIpc) is 3.20. The second-order valence-corrected chi connectivity index (χ2v) is 6.49. The zero-order valence-electron chi connectivity index (χ0n) is 13.4. The van der Waals surface area contributed by atoms with Gasteiger partial charge in [-0.05, 0) is 31.0 Å². The van der Waals surface area contributed by atoms with Gasteiger partial charge in [0.15, 0.2) is 11.5 Å². The molecule has 1 atom stereocenters. The first-order valence-electron chi connectivity index (χ1n) is 8.41. The third-order valence-corrected chi connectivity index (χ3v) is 4.87. The van der Waals surface area contributed by atoms with E-state index in [1.54, 1.807) is 23.1 Å².